The SMILES string of the molecule is CCC#CCC(C)c1c(Cl)c(Cl)cc(Cl)c1Cl. The molecule has 4 heteroatoms. The van der Waals surface area contributed by atoms with Gasteiger partial charge in [0.1, 0.15) is 0 Å². The van der Waals surface area contributed by atoms with Gasteiger partial charge in [-0.2, -0.15) is 0 Å². The van der Waals surface area contributed by atoms with E-state index in [-0.39, 0.29) is 5.92 Å². The molecule has 0 bridgehead atoms. The summed E-state index contributed by atoms with van der Waals surface area (Å²) in [6, 6.07) is 1.56. The van der Waals surface area contributed by atoms with Gasteiger partial charge in [-0.3, -0.25) is 0 Å². The zero-order valence-electron chi connectivity index (χ0n) is 9.58. The van der Waals surface area contributed by atoms with Gasteiger partial charge in [-0.05, 0) is 17.5 Å². The van der Waals surface area contributed by atoms with Crippen LogP contribution in [0.2, 0.25) is 20.1 Å². The topological polar surface area (TPSA) is 0 Å². The molecule has 0 fully saturated rings. The molecule has 1 aromatic carbocycles. The van der Waals surface area contributed by atoms with Crippen molar-refractivity contribution in [2.75, 3.05) is 0 Å². The van der Waals surface area contributed by atoms with Gasteiger partial charge in [0.05, 0.1) is 20.1 Å². The second-order valence-corrected chi connectivity index (χ2v) is 5.26. The zero-order valence-corrected chi connectivity index (χ0v) is 12.6. The van der Waals surface area contributed by atoms with E-state index in [9.17, 15) is 0 Å². The maximum Gasteiger partial charge on any atom is 0.0643 e. The molecule has 0 spiro atoms. The molecule has 0 radical (unpaired) electrons. The molecule has 0 nitrogen and oxygen atoms in total. The number of halogens is 4. The zero-order chi connectivity index (χ0) is 13.0. The van der Waals surface area contributed by atoms with Crippen LogP contribution in [0.3, 0.4) is 0 Å². The van der Waals surface area contributed by atoms with Gasteiger partial charge >= 0.3 is 0 Å². The van der Waals surface area contributed by atoms with Crippen LogP contribution in [0, 0.1) is 11.8 Å². The minimum absolute atomic E-state index is 0.102. The second kappa shape index (κ2) is 6.76. The lowest BCUT2D eigenvalue weighted by atomic mass is 9.98. The molecule has 0 amide bonds. The van der Waals surface area contributed by atoms with Crippen LogP contribution in [-0.2, 0) is 0 Å². The van der Waals surface area contributed by atoms with Crippen molar-refractivity contribution in [3.63, 3.8) is 0 Å². The molecule has 0 saturated carbocycles. The summed E-state index contributed by atoms with van der Waals surface area (Å²) in [4.78, 5) is 0. The minimum Gasteiger partial charge on any atom is -0.104 e. The first-order valence-electron chi connectivity index (χ1n) is 5.27. The van der Waals surface area contributed by atoms with Crippen LogP contribution in [0.15, 0.2) is 6.07 Å². The molecule has 1 unspecified atom stereocenters. The minimum atomic E-state index is 0.102. The number of benzene rings is 1. The first-order chi connectivity index (χ1) is 7.99. The quantitative estimate of drug-likeness (QED) is 0.450. The molecule has 0 N–H and O–H groups in total. The highest BCUT2D eigenvalue weighted by molar-refractivity contribution is 6.48. The Morgan fingerprint density at radius 1 is 1.06 bits per heavy atom. The van der Waals surface area contributed by atoms with E-state index < -0.39 is 0 Å². The summed E-state index contributed by atoms with van der Waals surface area (Å²) in [7, 11) is 0. The maximum absolute atomic E-state index is 6.15. The van der Waals surface area contributed by atoms with Gasteiger partial charge in [0, 0.05) is 12.8 Å². The van der Waals surface area contributed by atoms with Gasteiger partial charge in [0.2, 0.25) is 0 Å². The van der Waals surface area contributed by atoms with E-state index in [1.165, 1.54) is 0 Å². The first-order valence-corrected chi connectivity index (χ1v) is 6.78. The van der Waals surface area contributed by atoms with E-state index in [1.807, 2.05) is 13.8 Å². The number of rotatable bonds is 2. The van der Waals surface area contributed by atoms with Gasteiger partial charge in [0.25, 0.3) is 0 Å². The van der Waals surface area contributed by atoms with Crippen LogP contribution in [0.5, 0.6) is 0 Å². The lowest BCUT2D eigenvalue weighted by molar-refractivity contribution is 0.796. The fourth-order valence-electron chi connectivity index (χ4n) is 1.48. The standard InChI is InChI=1S/C13H12Cl4/c1-3-4-5-6-8(2)11-12(16)9(14)7-10(15)13(11)17/h7-8H,3,6H2,1-2H3. The fraction of sp³-hybridized carbons (Fsp3) is 0.385. The highest BCUT2D eigenvalue weighted by atomic mass is 35.5. The molecule has 92 valence electrons. The molecular weight excluding hydrogens is 298 g/mol. The predicted octanol–water partition coefficient (Wildman–Crippen LogP) is 6.21. The normalized spacial score (nSPS) is 11.9. The molecule has 0 aliphatic carbocycles. The number of hydrogen-bond acceptors (Lipinski definition) is 0. The van der Waals surface area contributed by atoms with E-state index in [0.717, 1.165) is 12.0 Å². The predicted molar refractivity (Wildman–Crippen MR) is 77.6 cm³/mol. The fourth-order valence-corrected chi connectivity index (χ4v) is 2.67. The average molecular weight is 310 g/mol. The van der Waals surface area contributed by atoms with Crippen molar-refractivity contribution >= 4 is 46.4 Å². The van der Waals surface area contributed by atoms with Crippen molar-refractivity contribution in [2.24, 2.45) is 0 Å². The van der Waals surface area contributed by atoms with Crippen molar-refractivity contribution in [3.8, 4) is 11.8 Å². The van der Waals surface area contributed by atoms with Gasteiger partial charge in [0.15, 0.2) is 0 Å². The molecule has 1 rings (SSSR count). The maximum atomic E-state index is 6.15. The summed E-state index contributed by atoms with van der Waals surface area (Å²) in [5.41, 5.74) is 0.774. The monoisotopic (exact) mass is 308 g/mol. The van der Waals surface area contributed by atoms with Crippen LogP contribution in [0.25, 0.3) is 0 Å². The first kappa shape index (κ1) is 15.0. The molecule has 0 aliphatic heterocycles. The molecule has 0 saturated heterocycles. The Bertz CT molecular complexity index is 442. The summed E-state index contributed by atoms with van der Waals surface area (Å²) in [6.45, 7) is 4.01. The Kier molecular flexibility index (Phi) is 5.97. The van der Waals surface area contributed by atoms with Gasteiger partial charge in [-0.15, -0.1) is 11.8 Å². The molecule has 1 aromatic rings. The Morgan fingerprint density at radius 2 is 1.59 bits per heavy atom. The third-order valence-electron chi connectivity index (χ3n) is 2.35. The largest absolute Gasteiger partial charge is 0.104 e. The Hall–Kier alpha value is -0.0600. The Balaban J connectivity index is 3.12. The van der Waals surface area contributed by atoms with Crippen molar-refractivity contribution < 1.29 is 0 Å². The average Bonchev–Trinajstić information content (AvgIpc) is 2.27. The van der Waals surface area contributed by atoms with Crippen molar-refractivity contribution in [3.05, 3.63) is 31.7 Å². The van der Waals surface area contributed by atoms with Gasteiger partial charge in [-0.25, -0.2) is 0 Å². The van der Waals surface area contributed by atoms with Crippen LogP contribution in [0.1, 0.15) is 38.2 Å². The van der Waals surface area contributed by atoms with Crippen LogP contribution in [0.4, 0.5) is 0 Å². The van der Waals surface area contributed by atoms with Gasteiger partial charge in [-0.1, -0.05) is 60.3 Å². The highest BCUT2D eigenvalue weighted by Gasteiger charge is 2.18. The lowest BCUT2D eigenvalue weighted by Gasteiger charge is -2.15. The van der Waals surface area contributed by atoms with Crippen molar-refractivity contribution in [1.82, 2.24) is 0 Å². The molecule has 0 heterocycles. The van der Waals surface area contributed by atoms with E-state index in [1.54, 1.807) is 6.07 Å². The Morgan fingerprint density at radius 3 is 2.06 bits per heavy atom. The highest BCUT2D eigenvalue weighted by Crippen LogP contribution is 2.41. The third-order valence-corrected chi connectivity index (χ3v) is 3.95. The van der Waals surface area contributed by atoms with E-state index >= 15 is 0 Å². The van der Waals surface area contributed by atoms with Crippen LogP contribution in [-0.4, -0.2) is 0 Å². The van der Waals surface area contributed by atoms with E-state index in [4.69, 9.17) is 46.4 Å². The Labute approximate surface area is 122 Å². The van der Waals surface area contributed by atoms with Crippen LogP contribution >= 0.6 is 46.4 Å². The second-order valence-electron chi connectivity index (χ2n) is 3.69. The van der Waals surface area contributed by atoms with Crippen molar-refractivity contribution in [1.29, 1.82) is 0 Å². The summed E-state index contributed by atoms with van der Waals surface area (Å²) in [5.74, 6) is 6.19. The third kappa shape index (κ3) is 3.70. The van der Waals surface area contributed by atoms with Crippen LogP contribution < -0.4 is 0 Å². The summed E-state index contributed by atoms with van der Waals surface area (Å²) >= 11 is 24.3. The lowest BCUT2D eigenvalue weighted by Crippen LogP contribution is -1.96. The molecule has 17 heavy (non-hydrogen) atoms. The molecule has 0 aliphatic rings. The molecular formula is C13H12Cl4. The van der Waals surface area contributed by atoms with Crippen molar-refractivity contribution in [2.45, 2.75) is 32.6 Å². The smallest absolute Gasteiger partial charge is 0.0643 e. The summed E-state index contributed by atoms with van der Waals surface area (Å²) in [6.07, 6.45) is 1.52. The summed E-state index contributed by atoms with van der Waals surface area (Å²) < 4.78 is 0. The molecule has 0 aromatic heterocycles. The molecule has 1 atom stereocenters. The van der Waals surface area contributed by atoms with E-state index in [0.29, 0.717) is 26.5 Å². The number of hydrogen-bond donors (Lipinski definition) is 0. The van der Waals surface area contributed by atoms with Gasteiger partial charge < -0.3 is 0 Å². The summed E-state index contributed by atoms with van der Waals surface area (Å²) in [5, 5.41) is 1.77. The van der Waals surface area contributed by atoms with E-state index in [2.05, 4.69) is 11.8 Å².